The summed E-state index contributed by atoms with van der Waals surface area (Å²) in [4.78, 5) is 0. The Bertz CT molecular complexity index is 111. The summed E-state index contributed by atoms with van der Waals surface area (Å²) in [5, 5.41) is 4.36. The molecule has 0 spiro atoms. The average molecular weight is 243 g/mol. The summed E-state index contributed by atoms with van der Waals surface area (Å²) < 4.78 is 0. The maximum atomic E-state index is 4.36. The molecule has 69 valence electrons. The molecule has 0 saturated carbocycles. The van der Waals surface area contributed by atoms with E-state index < -0.39 is 0 Å². The van der Waals surface area contributed by atoms with Crippen LogP contribution in [0.2, 0.25) is 0 Å². The molecule has 0 aliphatic carbocycles. The van der Waals surface area contributed by atoms with Crippen LogP contribution in [0.25, 0.3) is 5.32 Å². The second kappa shape index (κ2) is 5.72. The third kappa shape index (κ3) is 5.67. The zero-order chi connectivity index (χ0) is 8.32. The molecule has 1 nitrogen and oxygen atoms in total. The first kappa shape index (κ1) is 13.1. The van der Waals surface area contributed by atoms with E-state index in [1.54, 1.807) is 0 Å². The molecule has 1 saturated heterocycles. The Hall–Kier alpha value is 1.06. The maximum absolute atomic E-state index is 4.36. The molecule has 1 radical (unpaired) electrons. The molecular weight excluding hydrogens is 223 g/mol. The van der Waals surface area contributed by atoms with Gasteiger partial charge in [0.05, 0.1) is 0 Å². The predicted molar refractivity (Wildman–Crippen MR) is 49.9 cm³/mol. The summed E-state index contributed by atoms with van der Waals surface area (Å²) >= 11 is 0. The van der Waals surface area contributed by atoms with Gasteiger partial charge in [0, 0.05) is 32.7 Å². The van der Waals surface area contributed by atoms with Crippen molar-refractivity contribution in [2.75, 3.05) is 13.1 Å². The number of hydrogen-bond acceptors (Lipinski definition) is 0. The van der Waals surface area contributed by atoms with Gasteiger partial charge in [0.25, 0.3) is 0 Å². The number of piperidine rings is 1. The van der Waals surface area contributed by atoms with Crippen LogP contribution in [-0.2, 0) is 32.7 Å². The average Bonchev–Trinajstić information content (AvgIpc) is 1.85. The van der Waals surface area contributed by atoms with Gasteiger partial charge in [-0.1, -0.05) is 33.6 Å². The number of rotatable bonds is 1. The topological polar surface area (TPSA) is 14.1 Å². The van der Waals surface area contributed by atoms with Crippen molar-refractivity contribution in [3.05, 3.63) is 5.32 Å². The molecule has 0 bridgehead atoms. The van der Waals surface area contributed by atoms with Gasteiger partial charge in [-0.2, -0.15) is 0 Å². The van der Waals surface area contributed by atoms with Crippen LogP contribution in [0.15, 0.2) is 0 Å². The third-order valence-corrected chi connectivity index (χ3v) is 2.29. The largest absolute Gasteiger partial charge is 0.662 e. The van der Waals surface area contributed by atoms with E-state index in [9.17, 15) is 0 Å². The maximum Gasteiger partial charge on any atom is 0 e. The van der Waals surface area contributed by atoms with E-state index in [0.717, 1.165) is 19.0 Å². The Morgan fingerprint density at radius 1 is 1.17 bits per heavy atom. The molecule has 1 aliphatic heterocycles. The van der Waals surface area contributed by atoms with Crippen LogP contribution >= 0.6 is 0 Å². The van der Waals surface area contributed by atoms with Crippen molar-refractivity contribution in [3.8, 4) is 0 Å². The van der Waals surface area contributed by atoms with E-state index in [-0.39, 0.29) is 32.7 Å². The van der Waals surface area contributed by atoms with Gasteiger partial charge in [-0.15, -0.1) is 13.1 Å². The summed E-state index contributed by atoms with van der Waals surface area (Å²) in [6.45, 7) is 9.22. The number of hydrogen-bond donors (Lipinski definition) is 0. The van der Waals surface area contributed by atoms with Crippen LogP contribution < -0.4 is 0 Å². The van der Waals surface area contributed by atoms with Crippen molar-refractivity contribution in [1.82, 2.24) is 0 Å². The summed E-state index contributed by atoms with van der Waals surface area (Å²) in [6, 6.07) is 0. The van der Waals surface area contributed by atoms with Crippen molar-refractivity contribution in [2.24, 2.45) is 11.3 Å². The van der Waals surface area contributed by atoms with E-state index in [4.69, 9.17) is 0 Å². The molecule has 0 aromatic carbocycles. The zero-order valence-corrected chi connectivity index (χ0v) is 11.5. The minimum Gasteiger partial charge on any atom is -0.662 e. The SMILES string of the molecule is CC(C)(C)CC1CC[N-]CC1.[Y]. The normalized spacial score (nSPS) is 20.2. The van der Waals surface area contributed by atoms with Gasteiger partial charge in [0.2, 0.25) is 0 Å². The van der Waals surface area contributed by atoms with E-state index >= 15 is 0 Å². The molecule has 2 heteroatoms. The molecule has 0 aromatic heterocycles. The first-order valence-electron chi connectivity index (χ1n) is 4.71. The molecule has 0 unspecified atom stereocenters. The van der Waals surface area contributed by atoms with Gasteiger partial charge in [0.1, 0.15) is 0 Å². The Labute approximate surface area is 102 Å². The van der Waals surface area contributed by atoms with E-state index in [1.807, 2.05) is 0 Å². The fourth-order valence-electron chi connectivity index (χ4n) is 1.87. The Morgan fingerprint density at radius 3 is 2.08 bits per heavy atom. The van der Waals surface area contributed by atoms with Crippen molar-refractivity contribution >= 4 is 0 Å². The van der Waals surface area contributed by atoms with Crippen molar-refractivity contribution in [1.29, 1.82) is 0 Å². The monoisotopic (exact) mass is 243 g/mol. The summed E-state index contributed by atoms with van der Waals surface area (Å²) in [5.41, 5.74) is 0.516. The van der Waals surface area contributed by atoms with Crippen molar-refractivity contribution in [2.45, 2.75) is 40.0 Å². The third-order valence-electron chi connectivity index (χ3n) is 2.29. The summed E-state index contributed by atoms with van der Waals surface area (Å²) in [5.74, 6) is 0.951. The fraction of sp³-hybridized carbons (Fsp3) is 1.00. The molecule has 0 N–H and O–H groups in total. The van der Waals surface area contributed by atoms with Gasteiger partial charge in [0.15, 0.2) is 0 Å². The standard InChI is InChI=1S/C10H20N.Y/c1-10(2,3)8-9-4-6-11-7-5-9;/h9H,4-8H2,1-3H3;/q-1;. The van der Waals surface area contributed by atoms with Crippen molar-refractivity contribution < 1.29 is 32.7 Å². The van der Waals surface area contributed by atoms with Crippen LogP contribution in [0, 0.1) is 11.3 Å². The first-order valence-corrected chi connectivity index (χ1v) is 4.71. The van der Waals surface area contributed by atoms with Crippen molar-refractivity contribution in [3.63, 3.8) is 0 Å². The summed E-state index contributed by atoms with van der Waals surface area (Å²) in [6.07, 6.45) is 4.04. The van der Waals surface area contributed by atoms with Gasteiger partial charge in [-0.05, 0) is 17.8 Å². The molecule has 1 fully saturated rings. The van der Waals surface area contributed by atoms with Crippen LogP contribution in [0.1, 0.15) is 40.0 Å². The minimum atomic E-state index is 0. The van der Waals surface area contributed by atoms with Crippen LogP contribution in [0.5, 0.6) is 0 Å². The van der Waals surface area contributed by atoms with Gasteiger partial charge < -0.3 is 5.32 Å². The molecule has 0 amide bonds. The second-order valence-electron chi connectivity index (χ2n) is 4.88. The van der Waals surface area contributed by atoms with Crippen LogP contribution in [0.4, 0.5) is 0 Å². The molecule has 0 aromatic rings. The van der Waals surface area contributed by atoms with E-state index in [0.29, 0.717) is 5.41 Å². The Kier molecular flexibility index (Phi) is 6.23. The van der Waals surface area contributed by atoms with E-state index in [1.165, 1.54) is 19.3 Å². The fourth-order valence-corrected chi connectivity index (χ4v) is 1.87. The molecule has 0 atom stereocenters. The number of nitrogens with zero attached hydrogens (tertiary/aromatic N) is 1. The quantitative estimate of drug-likeness (QED) is 0.671. The molecule has 1 heterocycles. The minimum absolute atomic E-state index is 0. The van der Waals surface area contributed by atoms with E-state index in [2.05, 4.69) is 26.1 Å². The summed E-state index contributed by atoms with van der Waals surface area (Å²) in [7, 11) is 0. The molecule has 1 rings (SSSR count). The van der Waals surface area contributed by atoms with Crippen LogP contribution in [-0.4, -0.2) is 13.1 Å². The smallest absolute Gasteiger partial charge is 0 e. The van der Waals surface area contributed by atoms with Gasteiger partial charge >= 0.3 is 0 Å². The van der Waals surface area contributed by atoms with Crippen LogP contribution in [0.3, 0.4) is 0 Å². The molecule has 1 aliphatic rings. The second-order valence-corrected chi connectivity index (χ2v) is 4.88. The first-order chi connectivity index (χ1) is 5.08. The predicted octanol–water partition coefficient (Wildman–Crippen LogP) is 3.20. The Morgan fingerprint density at radius 2 is 1.67 bits per heavy atom. The van der Waals surface area contributed by atoms with Gasteiger partial charge in [-0.25, -0.2) is 0 Å². The zero-order valence-electron chi connectivity index (χ0n) is 8.64. The van der Waals surface area contributed by atoms with Gasteiger partial charge in [-0.3, -0.25) is 0 Å². The molecular formula is C10H20NY-. The molecule has 12 heavy (non-hydrogen) atoms. The Balaban J connectivity index is 0.00000121.